The Hall–Kier alpha value is -7.62. The van der Waals surface area contributed by atoms with Gasteiger partial charge in [0.1, 0.15) is 0 Å². The zero-order chi connectivity index (χ0) is 37.5. The zero-order valence-corrected chi connectivity index (χ0v) is 31.0. The second-order valence-electron chi connectivity index (χ2n) is 15.0. The van der Waals surface area contributed by atoms with Gasteiger partial charge in [-0.1, -0.05) is 140 Å². The highest BCUT2D eigenvalue weighted by atomic mass is 15.5. The van der Waals surface area contributed by atoms with E-state index in [1.807, 2.05) is 0 Å². The lowest BCUT2D eigenvalue weighted by Gasteiger charge is -2.13. The molecule has 12 aromatic rings. The fourth-order valence-electron chi connectivity index (χ4n) is 9.19. The number of aromatic nitrogens is 3. The third-order valence-electron chi connectivity index (χ3n) is 11.8. The molecule has 266 valence electrons. The van der Waals surface area contributed by atoms with Gasteiger partial charge in [0, 0.05) is 38.0 Å². The Morgan fingerprint density at radius 3 is 0.965 bits per heavy atom. The molecule has 0 fully saturated rings. The molecule has 0 aliphatic heterocycles. The summed E-state index contributed by atoms with van der Waals surface area (Å²) in [5.74, 6) is 0. The number of benzene rings is 9. The molecule has 3 aromatic heterocycles. The summed E-state index contributed by atoms with van der Waals surface area (Å²) in [5.41, 5.74) is 15.5. The fraction of sp³-hybridized carbons (Fsp3) is 0. The van der Waals surface area contributed by atoms with Crippen LogP contribution < -0.4 is 0 Å². The van der Waals surface area contributed by atoms with E-state index in [4.69, 9.17) is 0 Å². The predicted octanol–water partition coefficient (Wildman–Crippen LogP) is 14.3. The summed E-state index contributed by atoms with van der Waals surface area (Å²) in [6.45, 7) is 0. The van der Waals surface area contributed by atoms with Crippen molar-refractivity contribution in [1.29, 1.82) is 0 Å². The average Bonchev–Trinajstić information content (AvgIpc) is 3.91. The van der Waals surface area contributed by atoms with Crippen LogP contribution in [0.2, 0.25) is 0 Å². The van der Waals surface area contributed by atoms with Crippen molar-refractivity contribution >= 4 is 65.4 Å². The van der Waals surface area contributed by atoms with E-state index in [2.05, 4.69) is 226 Å². The number of hydrogen-bond acceptors (Lipinski definition) is 0. The van der Waals surface area contributed by atoms with Gasteiger partial charge >= 0.3 is 0 Å². The molecule has 0 spiro atoms. The molecule has 0 amide bonds. The lowest BCUT2D eigenvalue weighted by atomic mass is 9.98. The van der Waals surface area contributed by atoms with E-state index in [1.165, 1.54) is 98.8 Å². The topological polar surface area (TPSA) is 14.8 Å². The van der Waals surface area contributed by atoms with Crippen LogP contribution in [0.3, 0.4) is 0 Å². The summed E-state index contributed by atoms with van der Waals surface area (Å²) in [7, 11) is 0. The van der Waals surface area contributed by atoms with Crippen LogP contribution >= 0.6 is 0 Å². The minimum atomic E-state index is 1.16. The normalized spacial score (nSPS) is 11.9. The molecule has 0 unspecified atom stereocenters. The smallest absolute Gasteiger partial charge is 0.0716 e. The summed E-state index contributed by atoms with van der Waals surface area (Å²) >= 11 is 0. The van der Waals surface area contributed by atoms with Gasteiger partial charge in [0.15, 0.2) is 0 Å². The SMILES string of the molecule is c1ccc(-c2ccc3c(c2)c2cc(-c4ccc5c(c4)c4cc(-c6ccccc6)ccc4n5-n4c5ccccc5c5ccccc54)ccc2n3-c2ccccc2)cc1. The third-order valence-corrected chi connectivity index (χ3v) is 11.8. The molecule has 0 atom stereocenters. The van der Waals surface area contributed by atoms with E-state index in [-0.39, 0.29) is 0 Å². The van der Waals surface area contributed by atoms with Crippen molar-refractivity contribution in [1.82, 2.24) is 13.9 Å². The van der Waals surface area contributed by atoms with Crippen molar-refractivity contribution in [3.63, 3.8) is 0 Å². The number of fused-ring (bicyclic) bond motifs is 9. The lowest BCUT2D eigenvalue weighted by Crippen LogP contribution is -2.08. The molecule has 3 heterocycles. The minimum absolute atomic E-state index is 1.16. The highest BCUT2D eigenvalue weighted by molar-refractivity contribution is 6.14. The van der Waals surface area contributed by atoms with Crippen LogP contribution in [0.25, 0.3) is 104 Å². The molecule has 0 aliphatic carbocycles. The van der Waals surface area contributed by atoms with E-state index in [9.17, 15) is 0 Å². The molecule has 0 radical (unpaired) electrons. The standard InChI is InChI=1S/C54H35N3/c1-4-14-36(15-5-1)38-24-28-49-45(32-38)46-34-40(25-29-50(46)55(49)42-18-8-3-9-19-42)41-27-31-54-48(35-41)47-33-39(37-16-6-2-7-17-37)26-30-53(47)57(54)56-51-22-12-10-20-43(51)44-21-11-13-23-52(44)56/h1-35H. The molecule has 0 saturated carbocycles. The van der Waals surface area contributed by atoms with Crippen molar-refractivity contribution in [3.05, 3.63) is 212 Å². The maximum absolute atomic E-state index is 2.43. The molecule has 9 aromatic carbocycles. The number of hydrogen-bond donors (Lipinski definition) is 0. The first-order valence-corrected chi connectivity index (χ1v) is 19.6. The van der Waals surface area contributed by atoms with Crippen molar-refractivity contribution in [2.45, 2.75) is 0 Å². The minimum Gasteiger partial charge on any atom is -0.309 e. The summed E-state index contributed by atoms with van der Waals surface area (Å²) in [5, 5.41) is 7.43. The maximum atomic E-state index is 2.43. The molecule has 0 aliphatic rings. The van der Waals surface area contributed by atoms with E-state index >= 15 is 0 Å². The van der Waals surface area contributed by atoms with Crippen molar-refractivity contribution in [2.75, 3.05) is 0 Å². The molecular formula is C54H35N3. The zero-order valence-electron chi connectivity index (χ0n) is 31.0. The molecule has 0 saturated heterocycles. The average molecular weight is 726 g/mol. The van der Waals surface area contributed by atoms with Gasteiger partial charge < -0.3 is 4.57 Å². The Kier molecular flexibility index (Phi) is 6.93. The second kappa shape index (κ2) is 12.5. The Bertz CT molecular complexity index is 3440. The second-order valence-corrected chi connectivity index (χ2v) is 15.0. The van der Waals surface area contributed by atoms with Gasteiger partial charge in [-0.2, -0.15) is 0 Å². The molecule has 3 nitrogen and oxygen atoms in total. The molecule has 12 rings (SSSR count). The number of rotatable bonds is 5. The number of para-hydroxylation sites is 3. The third kappa shape index (κ3) is 4.86. The first kappa shape index (κ1) is 31.7. The highest BCUT2D eigenvalue weighted by Gasteiger charge is 2.20. The predicted molar refractivity (Wildman–Crippen MR) is 240 cm³/mol. The molecule has 0 N–H and O–H groups in total. The monoisotopic (exact) mass is 725 g/mol. The van der Waals surface area contributed by atoms with Crippen LogP contribution in [0.5, 0.6) is 0 Å². The Morgan fingerprint density at radius 1 is 0.211 bits per heavy atom. The summed E-state index contributed by atoms with van der Waals surface area (Å²) in [4.78, 5) is 0. The lowest BCUT2D eigenvalue weighted by molar-refractivity contribution is 0.775. The van der Waals surface area contributed by atoms with Gasteiger partial charge in [-0.15, -0.1) is 0 Å². The largest absolute Gasteiger partial charge is 0.309 e. The highest BCUT2D eigenvalue weighted by Crippen LogP contribution is 2.41. The Balaban J connectivity index is 1.12. The van der Waals surface area contributed by atoms with Gasteiger partial charge in [0.25, 0.3) is 0 Å². The van der Waals surface area contributed by atoms with E-state index in [0.29, 0.717) is 0 Å². The molecule has 57 heavy (non-hydrogen) atoms. The van der Waals surface area contributed by atoms with Crippen LogP contribution in [0.1, 0.15) is 0 Å². The first-order valence-electron chi connectivity index (χ1n) is 19.6. The van der Waals surface area contributed by atoms with Gasteiger partial charge in [-0.05, 0) is 106 Å². The van der Waals surface area contributed by atoms with Gasteiger partial charge in [0.2, 0.25) is 0 Å². The number of nitrogens with zero attached hydrogens (tertiary/aromatic N) is 3. The molecule has 3 heteroatoms. The molecular weight excluding hydrogens is 691 g/mol. The van der Waals surface area contributed by atoms with Crippen LogP contribution in [0, 0.1) is 0 Å². The van der Waals surface area contributed by atoms with Gasteiger partial charge in [-0.25, -0.2) is 9.35 Å². The van der Waals surface area contributed by atoms with Gasteiger partial charge in [-0.3, -0.25) is 0 Å². The van der Waals surface area contributed by atoms with Crippen LogP contribution in [-0.4, -0.2) is 13.9 Å². The summed E-state index contributed by atoms with van der Waals surface area (Å²) in [6, 6.07) is 77.5. The van der Waals surface area contributed by atoms with Crippen molar-refractivity contribution < 1.29 is 0 Å². The summed E-state index contributed by atoms with van der Waals surface area (Å²) < 4.78 is 7.23. The first-order chi connectivity index (χ1) is 28.3. The van der Waals surface area contributed by atoms with Crippen LogP contribution in [0.15, 0.2) is 212 Å². The Labute approximate surface area is 329 Å². The molecule has 0 bridgehead atoms. The fourth-order valence-corrected chi connectivity index (χ4v) is 9.19. The van der Waals surface area contributed by atoms with Crippen molar-refractivity contribution in [2.24, 2.45) is 0 Å². The van der Waals surface area contributed by atoms with Crippen LogP contribution in [0.4, 0.5) is 0 Å². The quantitative estimate of drug-likeness (QED) is 0.168. The van der Waals surface area contributed by atoms with Crippen molar-refractivity contribution in [3.8, 4) is 39.1 Å². The summed E-state index contributed by atoms with van der Waals surface area (Å²) in [6.07, 6.45) is 0. The van der Waals surface area contributed by atoms with E-state index in [0.717, 1.165) is 5.69 Å². The Morgan fingerprint density at radius 2 is 0.526 bits per heavy atom. The van der Waals surface area contributed by atoms with Crippen LogP contribution in [-0.2, 0) is 0 Å². The maximum Gasteiger partial charge on any atom is 0.0716 e. The van der Waals surface area contributed by atoms with E-state index < -0.39 is 0 Å². The van der Waals surface area contributed by atoms with E-state index in [1.54, 1.807) is 0 Å². The van der Waals surface area contributed by atoms with Gasteiger partial charge in [0.05, 0.1) is 33.1 Å².